The fourth-order valence-corrected chi connectivity index (χ4v) is 4.18. The number of amides is 1. The normalized spacial score (nSPS) is 18.4. The van der Waals surface area contributed by atoms with E-state index < -0.39 is 5.41 Å². The van der Waals surface area contributed by atoms with E-state index in [-0.39, 0.29) is 11.8 Å². The third-order valence-corrected chi connectivity index (χ3v) is 5.41. The van der Waals surface area contributed by atoms with E-state index in [4.69, 9.17) is 5.73 Å². The number of hydrogen-bond acceptors (Lipinski definition) is 3. The number of nitrogens with two attached hydrogens (primary N) is 1. The number of nitrogens with one attached hydrogen (secondary N) is 1. The standard InChI is InChI=1S/C21H27N3O/c1-23-13-15-24-14-12-19(16-24)21(20(22)25,17-8-4-2-5-9-17)18-10-6-3-7-11-18/h2-11,19,23H,12-16H2,1H3,(H2,22,25)/t19-/m1/s1. The Morgan fingerprint density at radius 1 is 1.12 bits per heavy atom. The number of likely N-dealkylation sites (tertiary alicyclic amines) is 1. The van der Waals surface area contributed by atoms with Crippen molar-refractivity contribution in [1.29, 1.82) is 0 Å². The molecule has 3 rings (SSSR count). The summed E-state index contributed by atoms with van der Waals surface area (Å²) in [5.41, 5.74) is 7.30. The van der Waals surface area contributed by atoms with Crippen molar-refractivity contribution in [2.75, 3.05) is 33.2 Å². The van der Waals surface area contributed by atoms with E-state index in [1.807, 2.05) is 67.7 Å². The Kier molecular flexibility index (Phi) is 5.51. The van der Waals surface area contributed by atoms with Crippen LogP contribution in [0.2, 0.25) is 0 Å². The zero-order chi connectivity index (χ0) is 17.7. The second kappa shape index (κ2) is 7.81. The van der Waals surface area contributed by atoms with Crippen molar-refractivity contribution in [3.8, 4) is 0 Å². The molecule has 1 saturated heterocycles. The summed E-state index contributed by atoms with van der Waals surface area (Å²) in [6.07, 6.45) is 0.969. The van der Waals surface area contributed by atoms with E-state index in [9.17, 15) is 4.79 Å². The van der Waals surface area contributed by atoms with Gasteiger partial charge in [-0.15, -0.1) is 0 Å². The first-order valence-corrected chi connectivity index (χ1v) is 8.97. The molecule has 4 heteroatoms. The molecule has 1 fully saturated rings. The lowest BCUT2D eigenvalue weighted by Crippen LogP contribution is -2.49. The highest BCUT2D eigenvalue weighted by molar-refractivity contribution is 5.91. The van der Waals surface area contributed by atoms with Crippen LogP contribution in [0.4, 0.5) is 0 Å². The fourth-order valence-electron chi connectivity index (χ4n) is 4.18. The van der Waals surface area contributed by atoms with Gasteiger partial charge in [0.15, 0.2) is 0 Å². The van der Waals surface area contributed by atoms with Crippen LogP contribution in [-0.4, -0.2) is 44.0 Å². The van der Waals surface area contributed by atoms with Gasteiger partial charge in [0.25, 0.3) is 0 Å². The highest BCUT2D eigenvalue weighted by Gasteiger charge is 2.49. The Morgan fingerprint density at radius 2 is 1.68 bits per heavy atom. The Labute approximate surface area is 150 Å². The molecule has 0 radical (unpaired) electrons. The maximum Gasteiger partial charge on any atom is 0.232 e. The van der Waals surface area contributed by atoms with Gasteiger partial charge < -0.3 is 16.0 Å². The van der Waals surface area contributed by atoms with Crippen LogP contribution in [-0.2, 0) is 10.2 Å². The van der Waals surface area contributed by atoms with Crippen molar-refractivity contribution in [3.05, 3.63) is 71.8 Å². The Morgan fingerprint density at radius 3 is 2.16 bits per heavy atom. The maximum atomic E-state index is 12.9. The van der Waals surface area contributed by atoms with Crippen molar-refractivity contribution in [1.82, 2.24) is 10.2 Å². The van der Waals surface area contributed by atoms with Crippen LogP contribution in [0.5, 0.6) is 0 Å². The number of carbonyl (C=O) groups is 1. The lowest BCUT2D eigenvalue weighted by molar-refractivity contribution is -0.123. The third-order valence-electron chi connectivity index (χ3n) is 5.41. The Hall–Kier alpha value is -2.17. The van der Waals surface area contributed by atoms with Crippen molar-refractivity contribution >= 4 is 5.91 Å². The van der Waals surface area contributed by atoms with Gasteiger partial charge in [-0.1, -0.05) is 60.7 Å². The second-order valence-electron chi connectivity index (χ2n) is 6.79. The van der Waals surface area contributed by atoms with Crippen LogP contribution >= 0.6 is 0 Å². The van der Waals surface area contributed by atoms with Crippen LogP contribution in [0.25, 0.3) is 0 Å². The number of hydrogen-bond donors (Lipinski definition) is 2. The Balaban J connectivity index is 2.05. The highest BCUT2D eigenvalue weighted by Crippen LogP contribution is 2.43. The minimum absolute atomic E-state index is 0.173. The van der Waals surface area contributed by atoms with Gasteiger partial charge in [-0.3, -0.25) is 4.79 Å². The molecule has 132 valence electrons. The summed E-state index contributed by atoms with van der Waals surface area (Å²) in [5, 5.41) is 3.20. The number of likely N-dealkylation sites (N-methyl/N-ethyl adjacent to an activating group) is 1. The predicted octanol–water partition coefficient (Wildman–Crippen LogP) is 2.00. The molecule has 1 aliphatic heterocycles. The SMILES string of the molecule is CNCCN1CC[C@@H](C(C(N)=O)(c2ccccc2)c2ccccc2)C1. The van der Waals surface area contributed by atoms with Crippen LogP contribution in [0.15, 0.2) is 60.7 Å². The maximum absolute atomic E-state index is 12.9. The molecule has 2 aromatic carbocycles. The average Bonchev–Trinajstić information content (AvgIpc) is 3.11. The van der Waals surface area contributed by atoms with Gasteiger partial charge in [-0.25, -0.2) is 0 Å². The van der Waals surface area contributed by atoms with Gasteiger partial charge in [-0.2, -0.15) is 0 Å². The molecule has 1 amide bonds. The van der Waals surface area contributed by atoms with E-state index in [1.54, 1.807) is 0 Å². The van der Waals surface area contributed by atoms with E-state index in [2.05, 4.69) is 10.2 Å². The van der Waals surface area contributed by atoms with Gasteiger partial charge >= 0.3 is 0 Å². The van der Waals surface area contributed by atoms with E-state index in [0.717, 1.165) is 43.7 Å². The van der Waals surface area contributed by atoms with E-state index in [1.165, 1.54) is 0 Å². The largest absolute Gasteiger partial charge is 0.369 e. The average molecular weight is 337 g/mol. The summed E-state index contributed by atoms with van der Waals surface area (Å²) in [6.45, 7) is 3.83. The first-order chi connectivity index (χ1) is 12.2. The molecular formula is C21H27N3O. The molecule has 4 nitrogen and oxygen atoms in total. The molecule has 0 unspecified atom stereocenters. The van der Waals surface area contributed by atoms with Gasteiger partial charge in [0, 0.05) is 19.6 Å². The molecule has 25 heavy (non-hydrogen) atoms. The van der Waals surface area contributed by atoms with Crippen LogP contribution in [0.1, 0.15) is 17.5 Å². The van der Waals surface area contributed by atoms with Crippen molar-refractivity contribution in [2.45, 2.75) is 11.8 Å². The first-order valence-electron chi connectivity index (χ1n) is 8.97. The zero-order valence-electron chi connectivity index (χ0n) is 14.8. The quantitative estimate of drug-likeness (QED) is 0.812. The molecule has 0 bridgehead atoms. The summed E-state index contributed by atoms with van der Waals surface area (Å²) in [5.74, 6) is -0.0861. The predicted molar refractivity (Wildman–Crippen MR) is 101 cm³/mol. The topological polar surface area (TPSA) is 58.4 Å². The monoisotopic (exact) mass is 337 g/mol. The smallest absolute Gasteiger partial charge is 0.232 e. The molecule has 0 saturated carbocycles. The molecular weight excluding hydrogens is 310 g/mol. The minimum atomic E-state index is -0.781. The van der Waals surface area contributed by atoms with Gasteiger partial charge in [0.2, 0.25) is 5.91 Å². The van der Waals surface area contributed by atoms with Crippen LogP contribution in [0, 0.1) is 5.92 Å². The minimum Gasteiger partial charge on any atom is -0.369 e. The summed E-state index contributed by atoms with van der Waals surface area (Å²) in [6, 6.07) is 20.1. The van der Waals surface area contributed by atoms with Gasteiger partial charge in [0.05, 0.1) is 0 Å². The summed E-state index contributed by atoms with van der Waals surface area (Å²) >= 11 is 0. The van der Waals surface area contributed by atoms with Crippen molar-refractivity contribution in [2.24, 2.45) is 11.7 Å². The summed E-state index contributed by atoms with van der Waals surface area (Å²) in [4.78, 5) is 15.3. The third kappa shape index (κ3) is 3.32. The molecule has 2 aromatic rings. The summed E-state index contributed by atoms with van der Waals surface area (Å²) < 4.78 is 0. The number of nitrogens with zero attached hydrogens (tertiary/aromatic N) is 1. The lowest BCUT2D eigenvalue weighted by atomic mass is 9.64. The number of carbonyl (C=O) groups excluding carboxylic acids is 1. The molecule has 1 aliphatic rings. The van der Waals surface area contributed by atoms with E-state index in [0.29, 0.717) is 0 Å². The molecule has 0 aliphatic carbocycles. The fraction of sp³-hybridized carbons (Fsp3) is 0.381. The van der Waals surface area contributed by atoms with E-state index >= 15 is 0 Å². The van der Waals surface area contributed by atoms with Crippen molar-refractivity contribution < 1.29 is 4.79 Å². The first kappa shape index (κ1) is 17.6. The molecule has 3 N–H and O–H groups in total. The summed E-state index contributed by atoms with van der Waals surface area (Å²) in [7, 11) is 1.97. The van der Waals surface area contributed by atoms with Crippen LogP contribution in [0.3, 0.4) is 0 Å². The molecule has 1 atom stereocenters. The Bertz CT molecular complexity index is 647. The highest BCUT2D eigenvalue weighted by atomic mass is 16.1. The van der Waals surface area contributed by atoms with Gasteiger partial charge in [0.1, 0.15) is 5.41 Å². The molecule has 0 spiro atoms. The number of benzene rings is 2. The number of rotatable bonds is 7. The lowest BCUT2D eigenvalue weighted by Gasteiger charge is -2.37. The zero-order valence-corrected chi connectivity index (χ0v) is 14.8. The molecule has 1 heterocycles. The van der Waals surface area contributed by atoms with Crippen LogP contribution < -0.4 is 11.1 Å². The number of primary amides is 1. The van der Waals surface area contributed by atoms with Crippen molar-refractivity contribution in [3.63, 3.8) is 0 Å². The second-order valence-corrected chi connectivity index (χ2v) is 6.79. The van der Waals surface area contributed by atoms with Gasteiger partial charge in [-0.05, 0) is 37.1 Å². The molecule has 0 aromatic heterocycles.